The van der Waals surface area contributed by atoms with E-state index in [0.717, 1.165) is 17.5 Å². The van der Waals surface area contributed by atoms with Crippen LogP contribution in [0.4, 0.5) is 0 Å². The summed E-state index contributed by atoms with van der Waals surface area (Å²) in [6, 6.07) is 6.16. The van der Waals surface area contributed by atoms with Crippen molar-refractivity contribution in [1.82, 2.24) is 0 Å². The summed E-state index contributed by atoms with van der Waals surface area (Å²) in [5.41, 5.74) is 2.60. The average Bonchev–Trinajstić information content (AvgIpc) is 2.09. The van der Waals surface area contributed by atoms with Crippen LogP contribution in [0.5, 0.6) is 5.75 Å². The van der Waals surface area contributed by atoms with E-state index in [1.807, 2.05) is 12.1 Å². The number of ether oxygens (including phenoxy) is 1. The van der Waals surface area contributed by atoms with Gasteiger partial charge in [-0.15, -0.1) is 0 Å². The molecular weight excluding hydrogens is 216 g/mol. The van der Waals surface area contributed by atoms with E-state index in [-0.39, 0.29) is 0 Å². The maximum atomic E-state index is 5.22. The van der Waals surface area contributed by atoms with Crippen LogP contribution >= 0.6 is 15.9 Å². The van der Waals surface area contributed by atoms with Gasteiger partial charge in [-0.3, -0.25) is 0 Å². The lowest BCUT2D eigenvalue weighted by molar-refractivity contribution is 0.411. The number of hydrogen-bond acceptors (Lipinski definition) is 1. The highest BCUT2D eigenvalue weighted by molar-refractivity contribution is 9.09. The Morgan fingerprint density at radius 1 is 1.42 bits per heavy atom. The molecule has 0 spiro atoms. The number of alkyl halides is 1. The van der Waals surface area contributed by atoms with Gasteiger partial charge in [0.15, 0.2) is 0 Å². The van der Waals surface area contributed by atoms with Crippen LogP contribution in [0.2, 0.25) is 0 Å². The number of halogens is 1. The lowest BCUT2D eigenvalue weighted by Gasteiger charge is -2.08. The largest absolute Gasteiger partial charge is 0.496 e. The zero-order chi connectivity index (χ0) is 8.97. The van der Waals surface area contributed by atoms with E-state index in [9.17, 15) is 0 Å². The first-order chi connectivity index (χ1) is 5.79. The van der Waals surface area contributed by atoms with Gasteiger partial charge in [-0.2, -0.15) is 0 Å². The third-order valence-corrected chi connectivity index (χ3v) is 2.38. The summed E-state index contributed by atoms with van der Waals surface area (Å²) in [6.07, 6.45) is 1.06. The molecule has 66 valence electrons. The number of rotatable bonds is 3. The van der Waals surface area contributed by atoms with Crippen molar-refractivity contribution in [3.05, 3.63) is 29.3 Å². The van der Waals surface area contributed by atoms with Crippen molar-refractivity contribution < 1.29 is 4.74 Å². The SMILES string of the molecule is COc1cccc(CCBr)c1C. The zero-order valence-corrected chi connectivity index (χ0v) is 9.02. The molecule has 0 saturated carbocycles. The van der Waals surface area contributed by atoms with Gasteiger partial charge in [-0.1, -0.05) is 28.1 Å². The van der Waals surface area contributed by atoms with Crippen molar-refractivity contribution in [3.8, 4) is 5.75 Å². The minimum Gasteiger partial charge on any atom is -0.496 e. The van der Waals surface area contributed by atoms with E-state index in [2.05, 4.69) is 28.9 Å². The minimum atomic E-state index is 0.980. The topological polar surface area (TPSA) is 9.23 Å². The monoisotopic (exact) mass is 228 g/mol. The van der Waals surface area contributed by atoms with E-state index in [4.69, 9.17) is 4.74 Å². The van der Waals surface area contributed by atoms with E-state index in [1.54, 1.807) is 7.11 Å². The quantitative estimate of drug-likeness (QED) is 0.724. The van der Waals surface area contributed by atoms with E-state index < -0.39 is 0 Å². The fraction of sp³-hybridized carbons (Fsp3) is 0.400. The second kappa shape index (κ2) is 4.51. The van der Waals surface area contributed by atoms with Crippen molar-refractivity contribution in [2.24, 2.45) is 0 Å². The van der Waals surface area contributed by atoms with Crippen LogP contribution in [0.15, 0.2) is 18.2 Å². The molecule has 0 bridgehead atoms. The summed E-state index contributed by atoms with van der Waals surface area (Å²) in [7, 11) is 1.71. The first kappa shape index (κ1) is 9.59. The number of benzene rings is 1. The van der Waals surface area contributed by atoms with Gasteiger partial charge in [-0.05, 0) is 30.5 Å². The molecule has 0 fully saturated rings. The molecule has 12 heavy (non-hydrogen) atoms. The van der Waals surface area contributed by atoms with Gasteiger partial charge in [-0.25, -0.2) is 0 Å². The second-order valence-corrected chi connectivity index (χ2v) is 3.48. The van der Waals surface area contributed by atoms with Crippen molar-refractivity contribution in [2.45, 2.75) is 13.3 Å². The Labute approximate surface area is 81.9 Å². The fourth-order valence-corrected chi connectivity index (χ4v) is 1.68. The molecule has 0 amide bonds. The number of methoxy groups -OCH3 is 1. The summed E-state index contributed by atoms with van der Waals surface area (Å²) < 4.78 is 5.22. The van der Waals surface area contributed by atoms with E-state index in [0.29, 0.717) is 0 Å². The molecule has 0 aliphatic heterocycles. The third kappa shape index (κ3) is 2.01. The molecule has 0 aromatic heterocycles. The average molecular weight is 229 g/mol. The summed E-state index contributed by atoms with van der Waals surface area (Å²) >= 11 is 3.43. The van der Waals surface area contributed by atoms with Gasteiger partial charge in [0.05, 0.1) is 7.11 Å². The number of hydrogen-bond donors (Lipinski definition) is 0. The molecule has 2 heteroatoms. The Hall–Kier alpha value is -0.500. The summed E-state index contributed by atoms with van der Waals surface area (Å²) in [6.45, 7) is 2.09. The maximum absolute atomic E-state index is 5.22. The van der Waals surface area contributed by atoms with Gasteiger partial charge in [0, 0.05) is 5.33 Å². The predicted octanol–water partition coefficient (Wildman–Crippen LogP) is 2.94. The van der Waals surface area contributed by atoms with Crippen molar-refractivity contribution in [3.63, 3.8) is 0 Å². The lowest BCUT2D eigenvalue weighted by atomic mass is 10.1. The molecule has 0 heterocycles. The Balaban J connectivity index is 2.97. The van der Waals surface area contributed by atoms with Crippen LogP contribution in [-0.2, 0) is 6.42 Å². The molecule has 1 aromatic carbocycles. The van der Waals surface area contributed by atoms with Gasteiger partial charge in [0.1, 0.15) is 5.75 Å². The summed E-state index contributed by atoms with van der Waals surface area (Å²) in [4.78, 5) is 0. The Morgan fingerprint density at radius 3 is 2.75 bits per heavy atom. The van der Waals surface area contributed by atoms with Crippen LogP contribution in [0.1, 0.15) is 11.1 Å². The van der Waals surface area contributed by atoms with Crippen LogP contribution in [-0.4, -0.2) is 12.4 Å². The molecule has 0 unspecified atom stereocenters. The maximum Gasteiger partial charge on any atom is 0.122 e. The molecule has 0 saturated heterocycles. The van der Waals surface area contributed by atoms with Gasteiger partial charge in [0.25, 0.3) is 0 Å². The third-order valence-electron chi connectivity index (χ3n) is 1.98. The highest BCUT2D eigenvalue weighted by Crippen LogP contribution is 2.21. The molecule has 1 nitrogen and oxygen atoms in total. The predicted molar refractivity (Wildman–Crippen MR) is 55.2 cm³/mol. The standard InChI is InChI=1S/C10H13BrO/c1-8-9(6-7-11)4-3-5-10(8)12-2/h3-5H,6-7H2,1-2H3. The summed E-state index contributed by atoms with van der Waals surface area (Å²) in [5, 5.41) is 1.00. The highest BCUT2D eigenvalue weighted by atomic mass is 79.9. The van der Waals surface area contributed by atoms with Crippen LogP contribution in [0, 0.1) is 6.92 Å². The molecule has 0 radical (unpaired) electrons. The lowest BCUT2D eigenvalue weighted by Crippen LogP contribution is -1.94. The van der Waals surface area contributed by atoms with Crippen molar-refractivity contribution in [1.29, 1.82) is 0 Å². The van der Waals surface area contributed by atoms with Crippen LogP contribution < -0.4 is 4.74 Å². The molecule has 1 aromatic rings. The highest BCUT2D eigenvalue weighted by Gasteiger charge is 2.01. The van der Waals surface area contributed by atoms with Gasteiger partial charge in [0.2, 0.25) is 0 Å². The van der Waals surface area contributed by atoms with Crippen LogP contribution in [0.25, 0.3) is 0 Å². The van der Waals surface area contributed by atoms with Crippen LogP contribution in [0.3, 0.4) is 0 Å². The molecule has 0 aliphatic rings. The van der Waals surface area contributed by atoms with E-state index >= 15 is 0 Å². The normalized spacial score (nSPS) is 9.92. The first-order valence-corrected chi connectivity index (χ1v) is 5.10. The molecule has 0 aliphatic carbocycles. The zero-order valence-electron chi connectivity index (χ0n) is 7.43. The summed E-state index contributed by atoms with van der Waals surface area (Å²) in [5.74, 6) is 0.980. The van der Waals surface area contributed by atoms with Gasteiger partial charge < -0.3 is 4.74 Å². The molecule has 0 atom stereocenters. The fourth-order valence-electron chi connectivity index (χ4n) is 1.25. The molecular formula is C10H13BrO. The first-order valence-electron chi connectivity index (χ1n) is 3.98. The Bertz CT molecular complexity index is 258. The Morgan fingerprint density at radius 2 is 2.17 bits per heavy atom. The van der Waals surface area contributed by atoms with Crippen molar-refractivity contribution >= 4 is 15.9 Å². The molecule has 1 rings (SSSR count). The Kier molecular flexibility index (Phi) is 3.60. The minimum absolute atomic E-state index is 0.980. The number of aryl methyl sites for hydroxylation is 1. The molecule has 0 N–H and O–H groups in total. The van der Waals surface area contributed by atoms with Crippen molar-refractivity contribution in [2.75, 3.05) is 12.4 Å². The smallest absolute Gasteiger partial charge is 0.122 e. The second-order valence-electron chi connectivity index (χ2n) is 2.68. The van der Waals surface area contributed by atoms with Gasteiger partial charge >= 0.3 is 0 Å². The van der Waals surface area contributed by atoms with E-state index in [1.165, 1.54) is 11.1 Å².